The van der Waals surface area contributed by atoms with Gasteiger partial charge in [0, 0.05) is 38.1 Å². The summed E-state index contributed by atoms with van der Waals surface area (Å²) in [6.45, 7) is 2.18. The number of methoxy groups -OCH3 is 1. The molecule has 0 aliphatic heterocycles. The van der Waals surface area contributed by atoms with Gasteiger partial charge in [-0.1, -0.05) is 43.2 Å². The molecule has 1 aromatic heterocycles. The lowest BCUT2D eigenvalue weighted by Gasteiger charge is -2.38. The molecule has 2 fully saturated rings. The molecule has 5 N–H and O–H groups in total. The van der Waals surface area contributed by atoms with Crippen LogP contribution in [0.3, 0.4) is 0 Å². The van der Waals surface area contributed by atoms with E-state index in [0.717, 1.165) is 18.7 Å². The van der Waals surface area contributed by atoms with Crippen molar-refractivity contribution in [1.29, 1.82) is 5.41 Å². The van der Waals surface area contributed by atoms with Crippen molar-refractivity contribution in [3.05, 3.63) is 53.7 Å². The number of nitrogens with one attached hydrogen (secondary N) is 3. The first-order valence-electron chi connectivity index (χ1n) is 12.2. The number of aromatic nitrogens is 1. The number of carbonyl (C=O) groups excluding carboxylic acids is 1. The number of pyridine rings is 1. The predicted molar refractivity (Wildman–Crippen MR) is 135 cm³/mol. The van der Waals surface area contributed by atoms with E-state index in [9.17, 15) is 4.79 Å². The Bertz CT molecular complexity index is 959. The quantitative estimate of drug-likeness (QED) is 0.307. The molecule has 0 saturated heterocycles. The summed E-state index contributed by atoms with van der Waals surface area (Å²) in [5, 5.41) is 14.5. The summed E-state index contributed by atoms with van der Waals surface area (Å²) < 4.78 is 5.27. The second kappa shape index (κ2) is 11.3. The molecule has 1 atom stereocenters. The number of anilines is 2. The van der Waals surface area contributed by atoms with Crippen LogP contribution in [0.2, 0.25) is 0 Å². The molecule has 4 rings (SSSR count). The zero-order valence-electron chi connectivity index (χ0n) is 19.9. The van der Waals surface area contributed by atoms with E-state index in [2.05, 4.69) is 20.5 Å². The Morgan fingerprint density at radius 2 is 1.82 bits per heavy atom. The molecule has 2 amide bonds. The summed E-state index contributed by atoms with van der Waals surface area (Å²) in [6, 6.07) is 10.6. The Kier molecular flexibility index (Phi) is 8.00. The molecule has 2 aromatic rings. The summed E-state index contributed by atoms with van der Waals surface area (Å²) in [4.78, 5) is 19.2. The van der Waals surface area contributed by atoms with E-state index in [0.29, 0.717) is 41.3 Å². The minimum absolute atomic E-state index is 0.289. The highest BCUT2D eigenvalue weighted by Crippen LogP contribution is 2.32. The van der Waals surface area contributed by atoms with Gasteiger partial charge in [-0.3, -0.25) is 10.7 Å². The molecular weight excluding hydrogens is 428 g/mol. The smallest absolute Gasteiger partial charge is 0.320 e. The molecular formula is C26H36N6O2. The molecule has 2 saturated carbocycles. The molecule has 182 valence electrons. The lowest BCUT2D eigenvalue weighted by Crippen LogP contribution is -2.42. The van der Waals surface area contributed by atoms with Crippen LogP contribution < -0.4 is 16.4 Å². The number of ether oxygens (including phenoxy) is 1. The first kappa shape index (κ1) is 24.0. The monoisotopic (exact) mass is 464 g/mol. The highest BCUT2D eigenvalue weighted by molar-refractivity contribution is 6.01. The number of amides is 2. The number of rotatable bonds is 10. The summed E-state index contributed by atoms with van der Waals surface area (Å²) in [7, 11) is 1.60. The first-order valence-corrected chi connectivity index (χ1v) is 12.2. The maximum Gasteiger partial charge on any atom is 0.320 e. The molecule has 1 heterocycles. The molecule has 0 unspecified atom stereocenters. The number of urea groups is 1. The number of carbonyl (C=O) groups is 1. The highest BCUT2D eigenvalue weighted by Gasteiger charge is 2.28. The Labute approximate surface area is 201 Å². The Morgan fingerprint density at radius 3 is 2.35 bits per heavy atom. The summed E-state index contributed by atoms with van der Waals surface area (Å²) in [5.41, 5.74) is 8.34. The number of hydrogen-bond donors (Lipinski definition) is 4. The fourth-order valence-electron chi connectivity index (χ4n) is 4.52. The van der Waals surface area contributed by atoms with Crippen molar-refractivity contribution >= 4 is 23.4 Å². The molecule has 8 heteroatoms. The zero-order valence-corrected chi connectivity index (χ0v) is 19.9. The van der Waals surface area contributed by atoms with Crippen molar-refractivity contribution in [3.8, 4) is 0 Å². The molecule has 2 aliphatic rings. The van der Waals surface area contributed by atoms with Gasteiger partial charge in [-0.05, 0) is 43.1 Å². The Balaban J connectivity index is 1.40. The lowest BCUT2D eigenvalue weighted by atomic mass is 9.82. The largest absolute Gasteiger partial charge is 0.398 e. The zero-order chi connectivity index (χ0) is 23.9. The predicted octanol–water partition coefficient (Wildman–Crippen LogP) is 4.40. The van der Waals surface area contributed by atoms with Crippen molar-refractivity contribution in [3.63, 3.8) is 0 Å². The number of amidine groups is 1. The topological polar surface area (TPSA) is 116 Å². The summed E-state index contributed by atoms with van der Waals surface area (Å²) >= 11 is 0. The van der Waals surface area contributed by atoms with Gasteiger partial charge in [0.15, 0.2) is 0 Å². The van der Waals surface area contributed by atoms with Gasteiger partial charge in [0.2, 0.25) is 0 Å². The number of nitrogens with zero attached hydrogens (tertiary/aromatic N) is 2. The van der Waals surface area contributed by atoms with Crippen LogP contribution in [0.25, 0.3) is 0 Å². The van der Waals surface area contributed by atoms with Gasteiger partial charge in [0.1, 0.15) is 11.7 Å². The molecule has 0 spiro atoms. The standard InChI is InChI=1S/C26H36N6O2/c1-34-17-23(20-11-3-2-4-12-20)30-26(33)31-24-13-22(27)21(14-29-24)25(28)32(15-18-7-5-8-18)16-19-9-6-10-19/h2-4,11-14,18-19,23,28H,5-10,15-17H2,1H3,(H4,27,29,30,31,33)/t23-/m1/s1. The fourth-order valence-corrected chi connectivity index (χ4v) is 4.52. The normalized spacial score (nSPS) is 16.7. The second-order valence-corrected chi connectivity index (χ2v) is 9.52. The minimum Gasteiger partial charge on any atom is -0.398 e. The van der Waals surface area contributed by atoms with Gasteiger partial charge in [-0.15, -0.1) is 0 Å². The molecule has 0 bridgehead atoms. The molecule has 2 aliphatic carbocycles. The van der Waals surface area contributed by atoms with Gasteiger partial charge in [-0.2, -0.15) is 0 Å². The van der Waals surface area contributed by atoms with Crippen LogP contribution in [0.4, 0.5) is 16.3 Å². The Morgan fingerprint density at radius 1 is 1.18 bits per heavy atom. The van der Waals surface area contributed by atoms with Crippen LogP contribution in [-0.4, -0.2) is 48.6 Å². The number of benzene rings is 1. The second-order valence-electron chi connectivity index (χ2n) is 9.52. The number of nitrogen functional groups attached to an aromatic ring is 1. The van der Waals surface area contributed by atoms with E-state index >= 15 is 0 Å². The third-order valence-corrected chi connectivity index (χ3v) is 7.00. The molecule has 1 aromatic carbocycles. The first-order chi connectivity index (χ1) is 16.5. The Hall–Kier alpha value is -3.13. The third kappa shape index (κ3) is 6.05. The van der Waals surface area contributed by atoms with E-state index in [-0.39, 0.29) is 6.04 Å². The van der Waals surface area contributed by atoms with Crippen LogP contribution in [0.1, 0.15) is 55.7 Å². The van der Waals surface area contributed by atoms with Crippen LogP contribution in [0, 0.1) is 17.2 Å². The van der Waals surface area contributed by atoms with Gasteiger partial charge < -0.3 is 20.7 Å². The summed E-state index contributed by atoms with van der Waals surface area (Å²) in [6.07, 6.45) is 9.15. The number of hydrogen-bond acceptors (Lipinski definition) is 5. The van der Waals surface area contributed by atoms with Crippen molar-refractivity contribution in [2.45, 2.75) is 44.6 Å². The highest BCUT2D eigenvalue weighted by atomic mass is 16.5. The van der Waals surface area contributed by atoms with Gasteiger partial charge >= 0.3 is 6.03 Å². The van der Waals surface area contributed by atoms with Crippen LogP contribution in [0.15, 0.2) is 42.6 Å². The van der Waals surface area contributed by atoms with Crippen molar-refractivity contribution in [1.82, 2.24) is 15.2 Å². The SMILES string of the molecule is COC[C@@H](NC(=O)Nc1cc(N)c(C(=N)N(CC2CCC2)CC2CCC2)cn1)c1ccccc1. The maximum absolute atomic E-state index is 12.6. The van der Waals surface area contributed by atoms with Crippen molar-refractivity contribution < 1.29 is 9.53 Å². The average molecular weight is 465 g/mol. The average Bonchev–Trinajstić information content (AvgIpc) is 2.77. The maximum atomic E-state index is 12.6. The van der Waals surface area contributed by atoms with Gasteiger partial charge in [0.05, 0.1) is 18.2 Å². The number of nitrogens with two attached hydrogens (primary N) is 1. The van der Waals surface area contributed by atoms with E-state index < -0.39 is 6.03 Å². The molecule has 34 heavy (non-hydrogen) atoms. The minimum atomic E-state index is -0.391. The third-order valence-electron chi connectivity index (χ3n) is 7.00. The van der Waals surface area contributed by atoms with Gasteiger partial charge in [-0.25, -0.2) is 9.78 Å². The molecule has 8 nitrogen and oxygen atoms in total. The lowest BCUT2D eigenvalue weighted by molar-refractivity contribution is 0.168. The van der Waals surface area contributed by atoms with Crippen LogP contribution in [0.5, 0.6) is 0 Å². The van der Waals surface area contributed by atoms with Crippen LogP contribution >= 0.6 is 0 Å². The van der Waals surface area contributed by atoms with E-state index in [1.54, 1.807) is 19.4 Å². The van der Waals surface area contributed by atoms with E-state index in [1.165, 1.54) is 38.5 Å². The fraction of sp³-hybridized carbons (Fsp3) is 0.500. The van der Waals surface area contributed by atoms with E-state index in [4.69, 9.17) is 15.9 Å². The summed E-state index contributed by atoms with van der Waals surface area (Å²) in [5.74, 6) is 2.12. The molecule has 0 radical (unpaired) electrons. The van der Waals surface area contributed by atoms with Gasteiger partial charge in [0.25, 0.3) is 0 Å². The van der Waals surface area contributed by atoms with Crippen molar-refractivity contribution in [2.24, 2.45) is 11.8 Å². The van der Waals surface area contributed by atoms with Crippen LogP contribution in [-0.2, 0) is 4.74 Å². The van der Waals surface area contributed by atoms with Crippen molar-refractivity contribution in [2.75, 3.05) is 37.9 Å². The van der Waals surface area contributed by atoms with E-state index in [1.807, 2.05) is 30.3 Å².